The topological polar surface area (TPSA) is 73.2 Å². The zero-order valence-electron chi connectivity index (χ0n) is 8.12. The van der Waals surface area contributed by atoms with E-state index in [1.807, 2.05) is 18.2 Å². The summed E-state index contributed by atoms with van der Waals surface area (Å²) in [4.78, 5) is 0. The summed E-state index contributed by atoms with van der Waals surface area (Å²) in [6.07, 6.45) is -0.913. The third-order valence-electron chi connectivity index (χ3n) is 2.04. The first-order chi connectivity index (χ1) is 7.20. The van der Waals surface area contributed by atoms with Crippen molar-refractivity contribution in [2.45, 2.75) is 13.0 Å². The summed E-state index contributed by atoms with van der Waals surface area (Å²) < 4.78 is 5.81. The number of benzene rings is 1. The monoisotopic (exact) mass is 206 g/mol. The predicted molar refractivity (Wildman–Crippen MR) is 48.1 cm³/mol. The van der Waals surface area contributed by atoms with E-state index in [0.29, 0.717) is 5.69 Å². The van der Waals surface area contributed by atoms with Gasteiger partial charge >= 0.3 is 0 Å². The quantitative estimate of drug-likeness (QED) is 0.706. The minimum absolute atomic E-state index is 0.126. The maximum Gasteiger partial charge on any atom is 0.268 e. The smallest absolute Gasteiger partial charge is 0.268 e. The summed E-state index contributed by atoms with van der Waals surface area (Å²) in [6.45, 7) is 1.49. The molecule has 5 heteroatoms. The lowest BCUT2D eigenvalue weighted by Gasteiger charge is -1.99. The van der Waals surface area contributed by atoms with E-state index >= 15 is 0 Å². The summed E-state index contributed by atoms with van der Waals surface area (Å²) in [5.41, 5.74) is 0.806. The molecule has 15 heavy (non-hydrogen) atoms. The van der Waals surface area contributed by atoms with E-state index < -0.39 is 12.1 Å². The van der Waals surface area contributed by atoms with Crippen LogP contribution in [0.3, 0.4) is 0 Å². The van der Waals surface area contributed by atoms with E-state index in [4.69, 9.17) is 0 Å². The summed E-state index contributed by atoms with van der Waals surface area (Å²) in [6, 6.07) is 9.02. The number of nitrogens with zero attached hydrogens (tertiary/aromatic N) is 2. The van der Waals surface area contributed by atoms with E-state index in [0.717, 1.165) is 0 Å². The summed E-state index contributed by atoms with van der Waals surface area (Å²) >= 11 is 0. The molecule has 0 saturated carbocycles. The third kappa shape index (κ3) is 1.69. The molecule has 5 nitrogen and oxygen atoms in total. The average molecular weight is 206 g/mol. The Hall–Kier alpha value is -1.88. The molecule has 0 aliphatic heterocycles. The number of aromatic nitrogens is 2. The Morgan fingerprint density at radius 1 is 1.40 bits per heavy atom. The molecule has 0 bridgehead atoms. The Balaban J connectivity index is 2.54. The Morgan fingerprint density at radius 3 is 2.67 bits per heavy atom. The molecule has 1 atom stereocenters. The van der Waals surface area contributed by atoms with Gasteiger partial charge in [-0.3, -0.25) is 0 Å². The van der Waals surface area contributed by atoms with Crippen molar-refractivity contribution in [1.82, 2.24) is 5.27 Å². The van der Waals surface area contributed by atoms with Gasteiger partial charge in [0.2, 0.25) is 5.69 Å². The second-order valence-electron chi connectivity index (χ2n) is 3.17. The van der Waals surface area contributed by atoms with Gasteiger partial charge in [-0.15, -0.1) is 0 Å². The molecule has 0 aliphatic carbocycles. The molecule has 1 aromatic carbocycles. The molecule has 1 N–H and O–H groups in total. The molecule has 0 radical (unpaired) electrons. The Kier molecular flexibility index (Phi) is 2.39. The van der Waals surface area contributed by atoms with Crippen molar-refractivity contribution < 1.29 is 19.4 Å². The molecule has 78 valence electrons. The zero-order valence-corrected chi connectivity index (χ0v) is 8.12. The Morgan fingerprint density at radius 2 is 2.07 bits per heavy atom. The van der Waals surface area contributed by atoms with E-state index in [9.17, 15) is 10.2 Å². The zero-order chi connectivity index (χ0) is 10.8. The van der Waals surface area contributed by atoms with Gasteiger partial charge in [0, 0.05) is 12.1 Å². The van der Waals surface area contributed by atoms with Crippen LogP contribution in [-0.4, -0.2) is 10.4 Å². The van der Waals surface area contributed by atoms with Crippen LogP contribution in [0.15, 0.2) is 34.9 Å². The lowest BCUT2D eigenvalue weighted by atomic mass is 10.2. The SMILES string of the molecule is CC(O)c1c([O-])on[n+]1-c1ccccc1. The van der Waals surface area contributed by atoms with Crippen molar-refractivity contribution in [2.75, 3.05) is 0 Å². The van der Waals surface area contributed by atoms with Crippen LogP contribution in [0, 0.1) is 0 Å². The molecule has 1 unspecified atom stereocenters. The minimum Gasteiger partial charge on any atom is -0.539 e. The molecule has 0 amide bonds. The molecule has 2 rings (SSSR count). The van der Waals surface area contributed by atoms with E-state index in [1.54, 1.807) is 12.1 Å². The van der Waals surface area contributed by atoms with Crippen LogP contribution in [0.5, 0.6) is 5.95 Å². The van der Waals surface area contributed by atoms with E-state index in [-0.39, 0.29) is 5.69 Å². The third-order valence-corrected chi connectivity index (χ3v) is 2.04. The van der Waals surface area contributed by atoms with Gasteiger partial charge in [0.25, 0.3) is 5.69 Å². The van der Waals surface area contributed by atoms with Crippen molar-refractivity contribution in [1.29, 1.82) is 0 Å². The van der Waals surface area contributed by atoms with Crippen LogP contribution >= 0.6 is 0 Å². The molecule has 2 aromatic rings. The molecular weight excluding hydrogens is 196 g/mol. The maximum absolute atomic E-state index is 11.2. The number of rotatable bonds is 2. The van der Waals surface area contributed by atoms with Crippen LogP contribution < -0.4 is 9.79 Å². The Labute approximate surface area is 86.2 Å². The highest BCUT2D eigenvalue weighted by Gasteiger charge is 2.23. The normalized spacial score (nSPS) is 12.7. The second-order valence-corrected chi connectivity index (χ2v) is 3.17. The fourth-order valence-corrected chi connectivity index (χ4v) is 1.36. The average Bonchev–Trinajstić information content (AvgIpc) is 2.61. The highest BCUT2D eigenvalue weighted by Crippen LogP contribution is 2.17. The molecule has 1 heterocycles. The van der Waals surface area contributed by atoms with Crippen molar-refractivity contribution in [3.05, 3.63) is 36.0 Å². The number of hydrogen-bond donors (Lipinski definition) is 1. The van der Waals surface area contributed by atoms with Crippen LogP contribution in [0.4, 0.5) is 0 Å². The molecule has 0 saturated heterocycles. The van der Waals surface area contributed by atoms with E-state index in [2.05, 4.69) is 9.79 Å². The van der Waals surface area contributed by atoms with Gasteiger partial charge in [-0.25, -0.2) is 0 Å². The highest BCUT2D eigenvalue weighted by molar-refractivity contribution is 5.22. The predicted octanol–water partition coefficient (Wildman–Crippen LogP) is 0.0782. The van der Waals surface area contributed by atoms with Crippen molar-refractivity contribution in [2.24, 2.45) is 0 Å². The van der Waals surface area contributed by atoms with Gasteiger partial charge in [-0.05, 0) is 11.6 Å². The van der Waals surface area contributed by atoms with Crippen LogP contribution in [-0.2, 0) is 0 Å². The van der Waals surface area contributed by atoms with Crippen molar-refractivity contribution >= 4 is 0 Å². The molecule has 1 aromatic heterocycles. The van der Waals surface area contributed by atoms with Crippen molar-refractivity contribution in [3.63, 3.8) is 0 Å². The highest BCUT2D eigenvalue weighted by atomic mass is 16.6. The van der Waals surface area contributed by atoms with Gasteiger partial charge in [-0.1, -0.05) is 18.2 Å². The first-order valence-corrected chi connectivity index (χ1v) is 4.52. The van der Waals surface area contributed by atoms with Crippen molar-refractivity contribution in [3.8, 4) is 11.6 Å². The number of aliphatic hydroxyl groups excluding tert-OH is 1. The van der Waals surface area contributed by atoms with E-state index in [1.165, 1.54) is 11.6 Å². The lowest BCUT2D eigenvalue weighted by molar-refractivity contribution is -0.680. The van der Waals surface area contributed by atoms with Crippen LogP contribution in [0.2, 0.25) is 0 Å². The Bertz CT molecular complexity index is 451. The standard InChI is InChI=1S/C10H10N2O3/c1-7(13)9-10(14)15-11-12(9)8-5-3-2-4-6-8/h2-7,13H,1H3. The molecule has 0 aliphatic rings. The summed E-state index contributed by atoms with van der Waals surface area (Å²) in [5, 5.41) is 24.2. The minimum atomic E-state index is -0.913. The summed E-state index contributed by atoms with van der Waals surface area (Å²) in [7, 11) is 0. The van der Waals surface area contributed by atoms with Gasteiger partial charge in [-0.2, -0.15) is 0 Å². The largest absolute Gasteiger partial charge is 0.539 e. The van der Waals surface area contributed by atoms with Crippen LogP contribution in [0.25, 0.3) is 5.69 Å². The number of aliphatic hydroxyl groups is 1. The van der Waals surface area contributed by atoms with Gasteiger partial charge < -0.3 is 14.7 Å². The van der Waals surface area contributed by atoms with Crippen LogP contribution in [0.1, 0.15) is 18.7 Å². The second kappa shape index (κ2) is 3.70. The van der Waals surface area contributed by atoms with Gasteiger partial charge in [0.05, 0.1) is 5.27 Å². The first-order valence-electron chi connectivity index (χ1n) is 4.52. The first kappa shape index (κ1) is 9.67. The molecule has 0 fully saturated rings. The lowest BCUT2D eigenvalue weighted by Crippen LogP contribution is -2.37. The van der Waals surface area contributed by atoms with Gasteiger partial charge in [0.1, 0.15) is 6.10 Å². The summed E-state index contributed by atoms with van der Waals surface area (Å²) in [5.74, 6) is -0.617. The number of para-hydroxylation sites is 1. The molecular formula is C10H10N2O3. The number of hydrogen-bond acceptors (Lipinski definition) is 4. The maximum atomic E-state index is 11.2. The molecule has 0 spiro atoms. The fourth-order valence-electron chi connectivity index (χ4n) is 1.36. The fraction of sp³-hybridized carbons (Fsp3) is 0.200. The van der Waals surface area contributed by atoms with Gasteiger partial charge in [0.15, 0.2) is 5.95 Å².